The van der Waals surface area contributed by atoms with Gasteiger partial charge in [0.15, 0.2) is 5.65 Å². The lowest BCUT2D eigenvalue weighted by molar-refractivity contribution is -0.00206. The Balaban J connectivity index is 1.33. The molecule has 0 saturated carbocycles. The predicted molar refractivity (Wildman–Crippen MR) is 175 cm³/mol. The summed E-state index contributed by atoms with van der Waals surface area (Å²) in [5, 5.41) is 9.25. The summed E-state index contributed by atoms with van der Waals surface area (Å²) in [4.78, 5) is 37.1. The van der Waals surface area contributed by atoms with Crippen molar-refractivity contribution in [3.63, 3.8) is 0 Å². The number of aryl methyl sites for hydroxylation is 1. The van der Waals surface area contributed by atoms with E-state index < -0.39 is 13.7 Å². The number of fused-ring (bicyclic) bond motifs is 2. The van der Waals surface area contributed by atoms with E-state index >= 15 is 0 Å². The number of nitrogens with one attached hydrogen (secondary N) is 1. The Morgan fingerprint density at radius 2 is 1.93 bits per heavy atom. The lowest BCUT2D eigenvalue weighted by Crippen LogP contribution is -2.52. The van der Waals surface area contributed by atoms with Crippen LogP contribution in [0.25, 0.3) is 33.5 Å². The normalized spacial score (nSPS) is 14.3. The van der Waals surface area contributed by atoms with E-state index in [0.717, 1.165) is 23.4 Å². The Bertz CT molecular complexity index is 1680. The number of rotatable bonds is 10. The summed E-state index contributed by atoms with van der Waals surface area (Å²) in [6.45, 7) is 15.1. The smallest absolute Gasteiger partial charge is 0.410 e. The van der Waals surface area contributed by atoms with E-state index in [0.29, 0.717) is 65.3 Å². The van der Waals surface area contributed by atoms with Crippen LogP contribution in [0.5, 0.6) is 0 Å². The number of carbonyl (C=O) groups excluding carboxylic acids is 2. The quantitative estimate of drug-likeness (QED) is 0.169. The zero-order valence-electron chi connectivity index (χ0n) is 26.6. The van der Waals surface area contributed by atoms with E-state index in [-0.39, 0.29) is 18.7 Å². The molecule has 1 aliphatic rings. The molecule has 0 atom stereocenters. The van der Waals surface area contributed by atoms with Crippen molar-refractivity contribution in [2.24, 2.45) is 13.0 Å². The summed E-state index contributed by atoms with van der Waals surface area (Å²) in [7, 11) is 0.610. The van der Waals surface area contributed by atoms with E-state index in [9.17, 15) is 9.59 Å². The molecule has 1 fully saturated rings. The van der Waals surface area contributed by atoms with Gasteiger partial charge in [0.2, 0.25) is 0 Å². The van der Waals surface area contributed by atoms with Crippen LogP contribution in [0.4, 0.5) is 4.79 Å². The second-order valence-corrected chi connectivity index (χ2v) is 19.8. The minimum absolute atomic E-state index is 0.233. The van der Waals surface area contributed by atoms with Crippen LogP contribution >= 0.6 is 11.6 Å². The molecule has 1 aliphatic heterocycles. The summed E-state index contributed by atoms with van der Waals surface area (Å²) >= 11 is 6.23. The molecule has 1 N–H and O–H groups in total. The van der Waals surface area contributed by atoms with Gasteiger partial charge in [-0.25, -0.2) is 14.8 Å². The van der Waals surface area contributed by atoms with Crippen molar-refractivity contribution < 1.29 is 19.1 Å². The van der Waals surface area contributed by atoms with Crippen LogP contribution in [0.2, 0.25) is 30.7 Å². The van der Waals surface area contributed by atoms with Gasteiger partial charge in [-0.15, -0.1) is 0 Å². The molecule has 1 saturated heterocycles. The topological polar surface area (TPSA) is 116 Å². The van der Waals surface area contributed by atoms with Gasteiger partial charge >= 0.3 is 6.09 Å². The zero-order chi connectivity index (χ0) is 31.8. The van der Waals surface area contributed by atoms with Crippen LogP contribution in [0, 0.1) is 5.92 Å². The maximum atomic E-state index is 13.5. The molecule has 4 aromatic rings. The van der Waals surface area contributed by atoms with Crippen molar-refractivity contribution in [3.05, 3.63) is 41.2 Å². The number of benzene rings is 1. The predicted octanol–water partition coefficient (Wildman–Crippen LogP) is 5.94. The maximum Gasteiger partial charge on any atom is 0.410 e. The molecule has 2 amide bonds. The average molecular weight is 640 g/mol. The summed E-state index contributed by atoms with van der Waals surface area (Å²) in [5.41, 5.74) is 3.07. The first kappa shape index (κ1) is 31.9. The fraction of sp³-hybridized carbons (Fsp3) is 0.516. The molecule has 11 nitrogen and oxygen atoms in total. The molecule has 236 valence electrons. The first-order valence-electron chi connectivity index (χ1n) is 15.0. The van der Waals surface area contributed by atoms with E-state index in [1.165, 1.54) is 0 Å². The fourth-order valence-electron chi connectivity index (χ4n) is 5.10. The molecule has 0 bridgehead atoms. The highest BCUT2D eigenvalue weighted by Crippen LogP contribution is 2.30. The van der Waals surface area contributed by atoms with Crippen molar-refractivity contribution in [2.45, 2.75) is 65.2 Å². The number of aromatic nitrogens is 5. The van der Waals surface area contributed by atoms with Gasteiger partial charge in [0, 0.05) is 58.0 Å². The summed E-state index contributed by atoms with van der Waals surface area (Å²) in [5.74, 6) is 0.0737. The van der Waals surface area contributed by atoms with Gasteiger partial charge in [0.1, 0.15) is 29.2 Å². The van der Waals surface area contributed by atoms with E-state index in [1.807, 2.05) is 50.6 Å². The van der Waals surface area contributed by atoms with Crippen LogP contribution in [-0.4, -0.2) is 81.1 Å². The van der Waals surface area contributed by atoms with Gasteiger partial charge in [-0.3, -0.25) is 9.48 Å². The molecule has 3 aromatic heterocycles. The highest BCUT2D eigenvalue weighted by Gasteiger charge is 2.33. The summed E-state index contributed by atoms with van der Waals surface area (Å²) in [6, 6.07) is 6.64. The standard InChI is InChI=1S/C31H42ClN7O4Si/c1-31(2,3)43-30(41)38-16-20(17-38)10-11-33-29(40)23-18-39(19-42-12-13-44(5,6)7)28-27(23)35-24(15-34-28)26-22-9-8-21(32)14-25(22)37(4)36-26/h8-9,14-15,18,20H,10-13,16-17,19H2,1-7H3,(H,33,40). The molecular weight excluding hydrogens is 598 g/mol. The van der Waals surface area contributed by atoms with Gasteiger partial charge < -0.3 is 24.3 Å². The number of hydrogen-bond acceptors (Lipinski definition) is 7. The van der Waals surface area contributed by atoms with E-state index in [2.05, 4.69) is 30.1 Å². The number of likely N-dealkylation sites (tertiary alicyclic amines) is 1. The van der Waals surface area contributed by atoms with Gasteiger partial charge in [0.25, 0.3) is 5.91 Å². The third-order valence-electron chi connectivity index (χ3n) is 7.54. The van der Waals surface area contributed by atoms with Gasteiger partial charge in [-0.1, -0.05) is 31.2 Å². The van der Waals surface area contributed by atoms with Crippen molar-refractivity contribution in [1.29, 1.82) is 0 Å². The van der Waals surface area contributed by atoms with Crippen LogP contribution in [0.1, 0.15) is 37.6 Å². The highest BCUT2D eigenvalue weighted by molar-refractivity contribution is 6.76. The number of halogens is 1. The van der Waals surface area contributed by atoms with E-state index in [4.69, 9.17) is 31.0 Å². The van der Waals surface area contributed by atoms with Gasteiger partial charge in [0.05, 0.1) is 17.3 Å². The molecule has 5 rings (SSSR count). The SMILES string of the molecule is Cn1nc(-c2cnc3c(n2)c(C(=O)NCCC2CN(C(=O)OC(C)(C)C)C2)cn3COCC[Si](C)(C)C)c2ccc(Cl)cc21. The number of hydrogen-bond donors (Lipinski definition) is 1. The number of carbonyl (C=O) groups is 2. The minimum atomic E-state index is -1.25. The molecule has 1 aromatic carbocycles. The lowest BCUT2D eigenvalue weighted by Gasteiger charge is -2.39. The molecule has 44 heavy (non-hydrogen) atoms. The van der Waals surface area contributed by atoms with Crippen molar-refractivity contribution >= 4 is 53.7 Å². The number of nitrogens with zero attached hydrogens (tertiary/aromatic N) is 6. The summed E-state index contributed by atoms with van der Waals surface area (Å²) < 4.78 is 15.0. The Kier molecular flexibility index (Phi) is 9.06. The van der Waals surface area contributed by atoms with Gasteiger partial charge in [-0.05, 0) is 57.4 Å². The monoisotopic (exact) mass is 639 g/mol. The van der Waals surface area contributed by atoms with Crippen molar-refractivity contribution in [1.82, 2.24) is 34.5 Å². The molecule has 0 aliphatic carbocycles. The largest absolute Gasteiger partial charge is 0.444 e. The fourth-order valence-corrected chi connectivity index (χ4v) is 6.03. The van der Waals surface area contributed by atoms with Crippen molar-refractivity contribution in [3.8, 4) is 11.4 Å². The molecule has 4 heterocycles. The second kappa shape index (κ2) is 12.5. The van der Waals surface area contributed by atoms with Crippen molar-refractivity contribution in [2.75, 3.05) is 26.2 Å². The second-order valence-electron chi connectivity index (χ2n) is 13.7. The third-order valence-corrected chi connectivity index (χ3v) is 9.48. The Morgan fingerprint density at radius 1 is 1.18 bits per heavy atom. The maximum absolute atomic E-state index is 13.5. The van der Waals surface area contributed by atoms with Gasteiger partial charge in [-0.2, -0.15) is 5.10 Å². The summed E-state index contributed by atoms with van der Waals surface area (Å²) in [6.07, 6.45) is 3.91. The Hall–Kier alpha value is -3.48. The molecule has 0 radical (unpaired) electrons. The third kappa shape index (κ3) is 7.41. The van der Waals surface area contributed by atoms with Crippen LogP contribution in [-0.2, 0) is 23.3 Å². The highest BCUT2D eigenvalue weighted by atomic mass is 35.5. The molecule has 0 unspecified atom stereocenters. The first-order valence-corrected chi connectivity index (χ1v) is 19.1. The zero-order valence-corrected chi connectivity index (χ0v) is 28.4. The number of amides is 2. The lowest BCUT2D eigenvalue weighted by atomic mass is 9.97. The van der Waals surface area contributed by atoms with Crippen LogP contribution < -0.4 is 5.32 Å². The van der Waals surface area contributed by atoms with E-state index in [1.54, 1.807) is 22.0 Å². The number of ether oxygens (including phenoxy) is 2. The first-order chi connectivity index (χ1) is 20.7. The Morgan fingerprint density at radius 3 is 2.64 bits per heavy atom. The Labute approximate surface area is 263 Å². The molecular formula is C31H42ClN7O4Si. The molecule has 13 heteroatoms. The molecule has 0 spiro atoms. The van der Waals surface area contributed by atoms with Crippen LogP contribution in [0.3, 0.4) is 0 Å². The average Bonchev–Trinajstić information content (AvgIpc) is 3.43. The van der Waals surface area contributed by atoms with Crippen LogP contribution in [0.15, 0.2) is 30.6 Å². The minimum Gasteiger partial charge on any atom is -0.444 e.